The van der Waals surface area contributed by atoms with Crippen molar-refractivity contribution in [2.75, 3.05) is 0 Å². The minimum atomic E-state index is -4.20. The standard InChI is InChI=1S/C22H30O3S/c23-26(24,25)22-18(20-12-14-4-8-16(20)9-5-14)2-1-3-19(22)21-13-15-6-10-17(21)11-7-15/h1-3,14-17,20-21H,4-13H2,(H,23,24,25). The van der Waals surface area contributed by atoms with Crippen molar-refractivity contribution in [2.24, 2.45) is 23.7 Å². The van der Waals surface area contributed by atoms with Crippen LogP contribution >= 0.6 is 0 Å². The maximum atomic E-state index is 12.5. The smallest absolute Gasteiger partial charge is 0.282 e. The first-order valence-electron chi connectivity index (χ1n) is 10.6. The van der Waals surface area contributed by atoms with Crippen molar-refractivity contribution in [1.82, 2.24) is 0 Å². The molecule has 4 heteroatoms. The fourth-order valence-electron chi connectivity index (χ4n) is 6.97. The monoisotopic (exact) mass is 374 g/mol. The summed E-state index contributed by atoms with van der Waals surface area (Å²) in [7, 11) is -4.20. The van der Waals surface area contributed by atoms with Crippen LogP contribution in [0.4, 0.5) is 0 Å². The molecular weight excluding hydrogens is 344 g/mol. The van der Waals surface area contributed by atoms with E-state index in [0.29, 0.717) is 28.6 Å². The van der Waals surface area contributed by atoms with Gasteiger partial charge in [-0.25, -0.2) is 0 Å². The Balaban J connectivity index is 1.60. The largest absolute Gasteiger partial charge is 0.295 e. The van der Waals surface area contributed by atoms with Crippen LogP contribution < -0.4 is 0 Å². The summed E-state index contributed by atoms with van der Waals surface area (Å²) in [5.41, 5.74) is 1.86. The van der Waals surface area contributed by atoms with E-state index in [9.17, 15) is 13.0 Å². The van der Waals surface area contributed by atoms with E-state index in [0.717, 1.165) is 35.8 Å². The third kappa shape index (κ3) is 2.84. The molecule has 142 valence electrons. The summed E-state index contributed by atoms with van der Waals surface area (Å²) in [6.07, 6.45) is 12.3. The molecule has 6 fully saturated rings. The molecule has 6 aliphatic rings. The number of benzene rings is 1. The van der Waals surface area contributed by atoms with Crippen molar-refractivity contribution in [2.45, 2.75) is 80.9 Å². The molecular formula is C22H30O3S. The molecule has 1 N–H and O–H groups in total. The Morgan fingerprint density at radius 2 is 1.15 bits per heavy atom. The molecule has 0 aromatic heterocycles. The maximum absolute atomic E-state index is 12.5. The van der Waals surface area contributed by atoms with E-state index < -0.39 is 10.1 Å². The topological polar surface area (TPSA) is 54.4 Å². The second-order valence-electron chi connectivity index (χ2n) is 9.49. The molecule has 0 spiro atoms. The molecule has 0 heterocycles. The van der Waals surface area contributed by atoms with E-state index in [1.165, 1.54) is 51.4 Å². The predicted octanol–water partition coefficient (Wildman–Crippen LogP) is 5.52. The van der Waals surface area contributed by atoms with Gasteiger partial charge in [-0.2, -0.15) is 8.42 Å². The second kappa shape index (κ2) is 6.34. The third-order valence-corrected chi connectivity index (χ3v) is 9.22. The van der Waals surface area contributed by atoms with Crippen molar-refractivity contribution in [3.05, 3.63) is 29.3 Å². The summed E-state index contributed by atoms with van der Waals surface area (Å²) in [4.78, 5) is 0.301. The van der Waals surface area contributed by atoms with E-state index in [2.05, 4.69) is 6.07 Å². The first-order valence-corrected chi connectivity index (χ1v) is 12.0. The molecule has 4 bridgehead atoms. The van der Waals surface area contributed by atoms with Crippen LogP contribution in [0.15, 0.2) is 23.1 Å². The number of hydrogen-bond donors (Lipinski definition) is 1. The Morgan fingerprint density at radius 3 is 1.46 bits per heavy atom. The average molecular weight is 375 g/mol. The Kier molecular flexibility index (Phi) is 4.20. The van der Waals surface area contributed by atoms with E-state index in [-0.39, 0.29) is 0 Å². The molecule has 7 rings (SSSR count). The maximum Gasteiger partial charge on any atom is 0.295 e. The van der Waals surface area contributed by atoms with Gasteiger partial charge >= 0.3 is 0 Å². The fraction of sp³-hybridized carbons (Fsp3) is 0.727. The van der Waals surface area contributed by atoms with Crippen LogP contribution in [0.25, 0.3) is 0 Å². The zero-order chi connectivity index (χ0) is 17.9. The normalized spacial score (nSPS) is 39.3. The van der Waals surface area contributed by atoms with Gasteiger partial charge in [-0.3, -0.25) is 4.55 Å². The summed E-state index contributed by atoms with van der Waals surface area (Å²) in [5.74, 6) is 3.32. The fourth-order valence-corrected chi connectivity index (χ4v) is 8.01. The van der Waals surface area contributed by atoms with Gasteiger partial charge in [-0.05, 0) is 85.2 Å². The minimum Gasteiger partial charge on any atom is -0.282 e. The van der Waals surface area contributed by atoms with Gasteiger partial charge < -0.3 is 0 Å². The Hall–Kier alpha value is -0.870. The highest BCUT2D eigenvalue weighted by Gasteiger charge is 2.42. The minimum absolute atomic E-state index is 0.301. The second-order valence-corrected chi connectivity index (χ2v) is 10.8. The molecule has 3 nitrogen and oxygen atoms in total. The van der Waals surface area contributed by atoms with Crippen LogP contribution in [0.3, 0.4) is 0 Å². The van der Waals surface area contributed by atoms with Gasteiger partial charge in [0.2, 0.25) is 0 Å². The van der Waals surface area contributed by atoms with E-state index in [1.54, 1.807) is 0 Å². The summed E-state index contributed by atoms with van der Waals surface area (Å²) >= 11 is 0. The molecule has 0 amide bonds. The van der Waals surface area contributed by atoms with Crippen LogP contribution in [-0.4, -0.2) is 13.0 Å². The van der Waals surface area contributed by atoms with Crippen LogP contribution in [0, 0.1) is 23.7 Å². The van der Waals surface area contributed by atoms with Gasteiger partial charge in [0.25, 0.3) is 10.1 Å². The molecule has 0 saturated heterocycles. The highest BCUT2D eigenvalue weighted by Crippen LogP contribution is 2.54. The Labute approximate surface area is 157 Å². The van der Waals surface area contributed by atoms with E-state index in [4.69, 9.17) is 0 Å². The molecule has 1 aromatic carbocycles. The lowest BCUT2D eigenvalue weighted by molar-refractivity contribution is 0.138. The summed E-state index contributed by atoms with van der Waals surface area (Å²) in [5, 5.41) is 0. The van der Waals surface area contributed by atoms with Gasteiger partial charge in [0.15, 0.2) is 0 Å². The van der Waals surface area contributed by atoms with Crippen LogP contribution in [-0.2, 0) is 10.1 Å². The number of hydrogen-bond acceptors (Lipinski definition) is 2. The molecule has 1 aromatic rings. The van der Waals surface area contributed by atoms with Gasteiger partial charge in [0, 0.05) is 0 Å². The summed E-state index contributed by atoms with van der Waals surface area (Å²) in [6, 6.07) is 6.06. The molecule has 0 radical (unpaired) electrons. The van der Waals surface area contributed by atoms with Crippen LogP contribution in [0.2, 0.25) is 0 Å². The van der Waals surface area contributed by atoms with Crippen molar-refractivity contribution in [3.8, 4) is 0 Å². The predicted molar refractivity (Wildman–Crippen MR) is 102 cm³/mol. The first kappa shape index (κ1) is 17.2. The van der Waals surface area contributed by atoms with Gasteiger partial charge in [-0.1, -0.05) is 43.9 Å². The molecule has 6 aliphatic carbocycles. The zero-order valence-corrected chi connectivity index (χ0v) is 16.3. The summed E-state index contributed by atoms with van der Waals surface area (Å²) < 4.78 is 35.3. The lowest BCUT2D eigenvalue weighted by atomic mass is 9.61. The Morgan fingerprint density at radius 1 is 0.731 bits per heavy atom. The third-order valence-electron chi connectivity index (χ3n) is 8.23. The molecule has 0 aliphatic heterocycles. The van der Waals surface area contributed by atoms with Crippen molar-refractivity contribution >= 4 is 10.1 Å². The van der Waals surface area contributed by atoms with Gasteiger partial charge in [-0.15, -0.1) is 0 Å². The average Bonchev–Trinajstić information content (AvgIpc) is 2.68. The van der Waals surface area contributed by atoms with Gasteiger partial charge in [0.05, 0.1) is 0 Å². The molecule has 6 saturated carbocycles. The van der Waals surface area contributed by atoms with E-state index >= 15 is 0 Å². The molecule has 2 atom stereocenters. The number of rotatable bonds is 3. The first-order chi connectivity index (χ1) is 12.5. The molecule has 2 unspecified atom stereocenters. The van der Waals surface area contributed by atoms with Crippen LogP contribution in [0.5, 0.6) is 0 Å². The highest BCUT2D eigenvalue weighted by molar-refractivity contribution is 7.86. The van der Waals surface area contributed by atoms with Crippen molar-refractivity contribution in [3.63, 3.8) is 0 Å². The zero-order valence-electron chi connectivity index (χ0n) is 15.4. The lowest BCUT2D eigenvalue weighted by Crippen LogP contribution is -2.32. The van der Waals surface area contributed by atoms with Gasteiger partial charge in [0.1, 0.15) is 4.90 Å². The van der Waals surface area contributed by atoms with Crippen molar-refractivity contribution in [1.29, 1.82) is 0 Å². The summed E-state index contributed by atoms with van der Waals surface area (Å²) in [6.45, 7) is 0. The quantitative estimate of drug-likeness (QED) is 0.709. The number of fused-ring (bicyclic) bond motifs is 6. The lowest BCUT2D eigenvalue weighted by Gasteiger charge is -2.45. The molecule has 26 heavy (non-hydrogen) atoms. The van der Waals surface area contributed by atoms with E-state index in [1.807, 2.05) is 12.1 Å². The Bertz CT molecular complexity index is 735. The van der Waals surface area contributed by atoms with Crippen LogP contribution in [0.1, 0.15) is 87.2 Å². The van der Waals surface area contributed by atoms with Crippen molar-refractivity contribution < 1.29 is 13.0 Å². The highest BCUT2D eigenvalue weighted by atomic mass is 32.2. The SMILES string of the molecule is O=S(=O)(O)c1c(C2CC3CCC2CC3)cccc1C1CC2CCC1CC2.